The molecule has 0 N–H and O–H groups in total. The molecule has 0 spiro atoms. The third-order valence-corrected chi connectivity index (χ3v) is 6.42. The van der Waals surface area contributed by atoms with Gasteiger partial charge < -0.3 is 0 Å². The Kier molecular flexibility index (Phi) is 3.16. The van der Waals surface area contributed by atoms with Gasteiger partial charge in [-0.25, -0.2) is 0 Å². The normalized spacial score (nSPS) is 55.1. The zero-order chi connectivity index (χ0) is 13.0. The first-order valence-electron chi connectivity index (χ1n) is 7.69. The van der Waals surface area contributed by atoms with Gasteiger partial charge in [0.1, 0.15) is 0 Å². The fourth-order valence-corrected chi connectivity index (χ4v) is 6.31. The molecule has 6 unspecified atom stereocenters. The molecule has 0 heteroatoms. The topological polar surface area (TPSA) is 0 Å². The first-order valence-corrected chi connectivity index (χ1v) is 7.69. The number of hydrogen-bond donors (Lipinski definition) is 0. The van der Waals surface area contributed by atoms with Crippen molar-refractivity contribution in [3.63, 3.8) is 0 Å². The molecule has 2 saturated carbocycles. The van der Waals surface area contributed by atoms with Crippen LogP contribution in [0.15, 0.2) is 0 Å². The zero-order valence-corrected chi connectivity index (χ0v) is 13.0. The molecule has 0 saturated heterocycles. The van der Waals surface area contributed by atoms with E-state index < -0.39 is 0 Å². The van der Waals surface area contributed by atoms with Gasteiger partial charge in [-0.05, 0) is 59.7 Å². The molecule has 0 aromatic rings. The van der Waals surface area contributed by atoms with E-state index in [1.807, 2.05) is 0 Å². The predicted octanol–water partition coefficient (Wildman–Crippen LogP) is 5.38. The van der Waals surface area contributed by atoms with Crippen molar-refractivity contribution in [3.8, 4) is 0 Å². The smallest absolute Gasteiger partial charge is 0.0259 e. The average molecular weight is 236 g/mol. The van der Waals surface area contributed by atoms with Gasteiger partial charge in [0.25, 0.3) is 0 Å². The average Bonchev–Trinajstić information content (AvgIpc) is 2.11. The van der Waals surface area contributed by atoms with Gasteiger partial charge in [-0.15, -0.1) is 0 Å². The lowest BCUT2D eigenvalue weighted by molar-refractivity contribution is -0.131. The minimum absolute atomic E-state index is 0.582. The lowest BCUT2D eigenvalue weighted by Gasteiger charge is -2.62. The Morgan fingerprint density at radius 2 is 1.47 bits per heavy atom. The van der Waals surface area contributed by atoms with Crippen molar-refractivity contribution in [1.29, 1.82) is 0 Å². The van der Waals surface area contributed by atoms with E-state index in [2.05, 4.69) is 48.5 Å². The lowest BCUT2D eigenvalue weighted by Crippen LogP contribution is -2.54. The molecule has 0 nitrogen and oxygen atoms in total. The van der Waals surface area contributed by atoms with Crippen molar-refractivity contribution in [2.75, 3.05) is 0 Å². The summed E-state index contributed by atoms with van der Waals surface area (Å²) in [6.07, 6.45) is 4.39. The van der Waals surface area contributed by atoms with Gasteiger partial charge in [0.05, 0.1) is 0 Å². The van der Waals surface area contributed by atoms with E-state index in [4.69, 9.17) is 0 Å². The molecule has 0 heterocycles. The van der Waals surface area contributed by atoms with Crippen LogP contribution in [-0.4, -0.2) is 0 Å². The molecular weight excluding hydrogens is 204 g/mol. The van der Waals surface area contributed by atoms with Gasteiger partial charge in [0.2, 0.25) is 0 Å². The molecule has 2 rings (SSSR count). The third kappa shape index (κ3) is 1.96. The maximum absolute atomic E-state index is 2.60. The van der Waals surface area contributed by atoms with Crippen LogP contribution in [0.25, 0.3) is 0 Å². The van der Waals surface area contributed by atoms with E-state index in [-0.39, 0.29) is 0 Å². The fraction of sp³-hybridized carbons (Fsp3) is 1.00. The van der Waals surface area contributed by atoms with Gasteiger partial charge >= 0.3 is 0 Å². The number of fused-ring (bicyclic) bond motifs is 2. The van der Waals surface area contributed by atoms with Crippen LogP contribution in [-0.2, 0) is 0 Å². The first-order chi connectivity index (χ1) is 7.69. The van der Waals surface area contributed by atoms with Crippen LogP contribution >= 0.6 is 0 Å². The van der Waals surface area contributed by atoms with Crippen molar-refractivity contribution in [2.45, 2.75) is 67.7 Å². The highest BCUT2D eigenvalue weighted by atomic mass is 14.6. The minimum Gasteiger partial charge on any atom is -0.0625 e. The summed E-state index contributed by atoms with van der Waals surface area (Å²) >= 11 is 0. The van der Waals surface area contributed by atoms with Crippen molar-refractivity contribution < 1.29 is 0 Å². The fourth-order valence-electron chi connectivity index (χ4n) is 6.31. The van der Waals surface area contributed by atoms with Crippen LogP contribution in [0.4, 0.5) is 0 Å². The van der Waals surface area contributed by atoms with Gasteiger partial charge in [-0.3, -0.25) is 0 Å². The Labute approximate surface area is 109 Å². The van der Waals surface area contributed by atoms with Crippen molar-refractivity contribution >= 4 is 0 Å². The molecule has 2 aliphatic carbocycles. The molecule has 2 fully saturated rings. The Morgan fingerprint density at radius 3 is 2.00 bits per heavy atom. The number of hydrogen-bond acceptors (Lipinski definition) is 0. The summed E-state index contributed by atoms with van der Waals surface area (Å²) in [5.41, 5.74) is 1.21. The summed E-state index contributed by atoms with van der Waals surface area (Å²) in [5, 5.41) is 0. The highest BCUT2D eigenvalue weighted by Crippen LogP contribution is 2.64. The Hall–Kier alpha value is 0. The van der Waals surface area contributed by atoms with Crippen LogP contribution < -0.4 is 0 Å². The van der Waals surface area contributed by atoms with E-state index in [0.29, 0.717) is 10.8 Å². The standard InChI is InChI=1S/C17H32/c1-11(2)15-13(4)9-16(6)8-12(3)14(5)17(15,7)10-16/h11-15H,8-10H2,1-7H3. The highest BCUT2D eigenvalue weighted by Gasteiger charge is 2.56. The van der Waals surface area contributed by atoms with Crippen molar-refractivity contribution in [2.24, 2.45) is 40.4 Å². The molecule has 100 valence electrons. The molecule has 0 amide bonds. The van der Waals surface area contributed by atoms with E-state index >= 15 is 0 Å². The molecular formula is C17H32. The summed E-state index contributed by atoms with van der Waals surface area (Å²) in [4.78, 5) is 0. The summed E-state index contributed by atoms with van der Waals surface area (Å²) in [7, 11) is 0. The Morgan fingerprint density at radius 1 is 0.941 bits per heavy atom. The summed E-state index contributed by atoms with van der Waals surface area (Å²) in [6, 6.07) is 0. The molecule has 0 radical (unpaired) electrons. The minimum atomic E-state index is 0.582. The third-order valence-electron chi connectivity index (χ3n) is 6.42. The van der Waals surface area contributed by atoms with Crippen LogP contribution in [0.5, 0.6) is 0 Å². The Balaban J connectivity index is 2.40. The second kappa shape index (κ2) is 4.00. The van der Waals surface area contributed by atoms with Gasteiger partial charge in [0.15, 0.2) is 0 Å². The maximum Gasteiger partial charge on any atom is -0.0259 e. The van der Waals surface area contributed by atoms with Crippen molar-refractivity contribution in [3.05, 3.63) is 0 Å². The SMILES string of the molecule is CC(C)C1C(C)CC2(C)CC(C)C(C)C1(C)C2. The van der Waals surface area contributed by atoms with Crippen LogP contribution in [0.1, 0.15) is 67.7 Å². The van der Waals surface area contributed by atoms with Crippen LogP contribution in [0, 0.1) is 40.4 Å². The molecule has 2 aliphatic rings. The molecule has 6 atom stereocenters. The quantitative estimate of drug-likeness (QED) is 0.573. The van der Waals surface area contributed by atoms with Crippen LogP contribution in [0.3, 0.4) is 0 Å². The van der Waals surface area contributed by atoms with E-state index in [1.165, 1.54) is 19.3 Å². The van der Waals surface area contributed by atoms with Gasteiger partial charge in [-0.2, -0.15) is 0 Å². The lowest BCUT2D eigenvalue weighted by atomic mass is 9.43. The van der Waals surface area contributed by atoms with Crippen LogP contribution in [0.2, 0.25) is 0 Å². The highest BCUT2D eigenvalue weighted by molar-refractivity contribution is 5.05. The summed E-state index contributed by atoms with van der Waals surface area (Å²) in [5.74, 6) is 4.48. The van der Waals surface area contributed by atoms with E-state index in [9.17, 15) is 0 Å². The van der Waals surface area contributed by atoms with Gasteiger partial charge in [0, 0.05) is 0 Å². The van der Waals surface area contributed by atoms with Crippen molar-refractivity contribution in [1.82, 2.24) is 0 Å². The monoisotopic (exact) mass is 236 g/mol. The second-order valence-corrected chi connectivity index (χ2v) is 8.41. The summed E-state index contributed by atoms with van der Waals surface area (Å²) < 4.78 is 0. The molecule has 0 aromatic carbocycles. The second-order valence-electron chi connectivity index (χ2n) is 8.41. The van der Waals surface area contributed by atoms with Gasteiger partial charge in [-0.1, -0.05) is 48.5 Å². The molecule has 17 heavy (non-hydrogen) atoms. The Bertz CT molecular complexity index is 292. The van der Waals surface area contributed by atoms with E-state index in [0.717, 1.165) is 29.6 Å². The first kappa shape index (κ1) is 13.4. The number of rotatable bonds is 1. The van der Waals surface area contributed by atoms with E-state index in [1.54, 1.807) is 0 Å². The zero-order valence-electron chi connectivity index (χ0n) is 13.0. The maximum atomic E-state index is 2.60. The summed E-state index contributed by atoms with van der Waals surface area (Å²) in [6.45, 7) is 17.6. The predicted molar refractivity (Wildman–Crippen MR) is 75.9 cm³/mol. The molecule has 0 aromatic heterocycles. The largest absolute Gasteiger partial charge is 0.0625 e. The molecule has 0 aliphatic heterocycles. The molecule has 2 bridgehead atoms.